The molecule has 1 aliphatic heterocycles. The molecule has 1 rings (SSSR count). The molecular weight excluding hydrogens is 180 g/mol. The van der Waals surface area contributed by atoms with Crippen LogP contribution in [0.1, 0.15) is 6.92 Å². The van der Waals surface area contributed by atoms with Gasteiger partial charge >= 0.3 is 0 Å². The van der Waals surface area contributed by atoms with Crippen molar-refractivity contribution in [3.05, 3.63) is 0 Å². The minimum absolute atomic E-state index is 0.0514. The summed E-state index contributed by atoms with van der Waals surface area (Å²) in [5, 5.41) is 18.3. The number of rotatable bonds is 4. The molecule has 1 aliphatic rings. The number of piperazine rings is 1. The average molecular weight is 202 g/mol. The zero-order chi connectivity index (χ0) is 10.6. The molecule has 0 atom stereocenters. The molecule has 0 saturated carbocycles. The molecular formula is C10H22N2O2. The van der Waals surface area contributed by atoms with Crippen LogP contribution in [-0.4, -0.2) is 73.0 Å². The molecule has 0 radical (unpaired) electrons. The van der Waals surface area contributed by atoms with Gasteiger partial charge < -0.3 is 20.0 Å². The second-order valence-electron chi connectivity index (χ2n) is 4.71. The maximum Gasteiger partial charge on any atom is 0.0519 e. The lowest BCUT2D eigenvalue weighted by Gasteiger charge is -2.37. The largest absolute Gasteiger partial charge is 0.396 e. The molecule has 0 aromatic heterocycles. The zero-order valence-electron chi connectivity index (χ0n) is 9.24. The third-order valence-corrected chi connectivity index (χ3v) is 2.96. The van der Waals surface area contributed by atoms with Gasteiger partial charge in [-0.2, -0.15) is 0 Å². The first-order valence-electron chi connectivity index (χ1n) is 5.22. The summed E-state index contributed by atoms with van der Waals surface area (Å²) in [7, 11) is 2.12. The van der Waals surface area contributed by atoms with E-state index in [1.165, 1.54) is 0 Å². The number of hydrogen-bond donors (Lipinski definition) is 2. The fourth-order valence-corrected chi connectivity index (χ4v) is 1.70. The summed E-state index contributed by atoms with van der Waals surface area (Å²) >= 11 is 0. The van der Waals surface area contributed by atoms with E-state index in [1.807, 2.05) is 6.92 Å². The first-order chi connectivity index (χ1) is 6.59. The highest BCUT2D eigenvalue weighted by atomic mass is 16.3. The Morgan fingerprint density at radius 3 is 2.00 bits per heavy atom. The van der Waals surface area contributed by atoms with Gasteiger partial charge in [-0.3, -0.25) is 0 Å². The first kappa shape index (κ1) is 11.9. The van der Waals surface area contributed by atoms with Crippen LogP contribution in [0.3, 0.4) is 0 Å². The second kappa shape index (κ2) is 5.07. The molecule has 1 fully saturated rings. The number of hydrogen-bond acceptors (Lipinski definition) is 4. The third-order valence-electron chi connectivity index (χ3n) is 2.96. The van der Waals surface area contributed by atoms with Crippen molar-refractivity contribution in [1.29, 1.82) is 0 Å². The van der Waals surface area contributed by atoms with E-state index in [4.69, 9.17) is 0 Å². The molecule has 4 heteroatoms. The molecule has 2 N–H and O–H groups in total. The molecule has 0 bridgehead atoms. The summed E-state index contributed by atoms with van der Waals surface area (Å²) in [4.78, 5) is 4.61. The van der Waals surface area contributed by atoms with E-state index >= 15 is 0 Å². The Balaban J connectivity index is 2.36. The Morgan fingerprint density at radius 2 is 1.57 bits per heavy atom. The van der Waals surface area contributed by atoms with E-state index in [0.717, 1.165) is 32.7 Å². The highest BCUT2D eigenvalue weighted by molar-refractivity contribution is 4.79. The van der Waals surface area contributed by atoms with Crippen LogP contribution in [0.15, 0.2) is 0 Å². The van der Waals surface area contributed by atoms with Crippen LogP contribution >= 0.6 is 0 Å². The fraction of sp³-hybridized carbons (Fsp3) is 1.00. The Morgan fingerprint density at radius 1 is 1.07 bits per heavy atom. The van der Waals surface area contributed by atoms with Crippen molar-refractivity contribution < 1.29 is 10.2 Å². The maximum atomic E-state index is 9.17. The molecule has 1 saturated heterocycles. The Labute approximate surface area is 86.1 Å². The predicted octanol–water partition coefficient (Wildman–Crippen LogP) is -0.775. The number of likely N-dealkylation sites (N-methyl/N-ethyl adjacent to an activating group) is 1. The van der Waals surface area contributed by atoms with Crippen LogP contribution in [-0.2, 0) is 0 Å². The summed E-state index contributed by atoms with van der Waals surface area (Å²) < 4.78 is 0. The van der Waals surface area contributed by atoms with Gasteiger partial charge in [0.15, 0.2) is 0 Å². The molecule has 0 aliphatic carbocycles. The van der Waals surface area contributed by atoms with Crippen molar-refractivity contribution in [2.45, 2.75) is 6.92 Å². The smallest absolute Gasteiger partial charge is 0.0519 e. The van der Waals surface area contributed by atoms with Gasteiger partial charge in [-0.05, 0) is 7.05 Å². The molecule has 0 aromatic rings. The van der Waals surface area contributed by atoms with Crippen LogP contribution in [0, 0.1) is 5.41 Å². The van der Waals surface area contributed by atoms with E-state index in [1.54, 1.807) is 0 Å². The molecule has 14 heavy (non-hydrogen) atoms. The monoisotopic (exact) mass is 202 g/mol. The van der Waals surface area contributed by atoms with Crippen molar-refractivity contribution in [3.8, 4) is 0 Å². The molecule has 0 unspecified atom stereocenters. The molecule has 4 nitrogen and oxygen atoms in total. The van der Waals surface area contributed by atoms with E-state index in [0.29, 0.717) is 0 Å². The standard InChI is InChI=1S/C10H22N2O2/c1-10(8-13,9-14)7-12-5-3-11(2)4-6-12/h13-14H,3-9H2,1-2H3. The third kappa shape index (κ3) is 3.20. The van der Waals surface area contributed by atoms with E-state index < -0.39 is 0 Å². The highest BCUT2D eigenvalue weighted by Crippen LogP contribution is 2.17. The van der Waals surface area contributed by atoms with Crippen LogP contribution < -0.4 is 0 Å². The summed E-state index contributed by atoms with van der Waals surface area (Å²) in [5.74, 6) is 0. The molecule has 0 amide bonds. The quantitative estimate of drug-likeness (QED) is 0.628. The lowest BCUT2D eigenvalue weighted by molar-refractivity contribution is 0.0219. The van der Waals surface area contributed by atoms with E-state index in [9.17, 15) is 10.2 Å². The minimum atomic E-state index is -0.351. The zero-order valence-corrected chi connectivity index (χ0v) is 9.24. The van der Waals surface area contributed by atoms with Crippen molar-refractivity contribution in [3.63, 3.8) is 0 Å². The summed E-state index contributed by atoms with van der Waals surface area (Å²) in [6, 6.07) is 0. The number of aliphatic hydroxyl groups is 2. The maximum absolute atomic E-state index is 9.17. The number of aliphatic hydroxyl groups excluding tert-OH is 2. The molecule has 0 spiro atoms. The normalized spacial score (nSPS) is 21.4. The summed E-state index contributed by atoms with van der Waals surface area (Å²) in [6.45, 7) is 7.03. The number of nitrogens with zero attached hydrogens (tertiary/aromatic N) is 2. The van der Waals surface area contributed by atoms with Gasteiger partial charge in [-0.15, -0.1) is 0 Å². The van der Waals surface area contributed by atoms with Crippen molar-refractivity contribution >= 4 is 0 Å². The van der Waals surface area contributed by atoms with Crippen molar-refractivity contribution in [2.24, 2.45) is 5.41 Å². The first-order valence-corrected chi connectivity index (χ1v) is 5.22. The van der Waals surface area contributed by atoms with E-state index in [-0.39, 0.29) is 18.6 Å². The second-order valence-corrected chi connectivity index (χ2v) is 4.71. The summed E-state index contributed by atoms with van der Waals surface area (Å²) in [5.41, 5.74) is -0.351. The topological polar surface area (TPSA) is 46.9 Å². The van der Waals surface area contributed by atoms with Crippen molar-refractivity contribution in [1.82, 2.24) is 9.80 Å². The van der Waals surface area contributed by atoms with Crippen LogP contribution in [0.2, 0.25) is 0 Å². The Kier molecular flexibility index (Phi) is 4.31. The molecule has 1 heterocycles. The molecule has 84 valence electrons. The Bertz CT molecular complexity index is 164. The fourth-order valence-electron chi connectivity index (χ4n) is 1.70. The van der Waals surface area contributed by atoms with E-state index in [2.05, 4.69) is 16.8 Å². The lowest BCUT2D eigenvalue weighted by Crippen LogP contribution is -2.49. The SMILES string of the molecule is CN1CCN(CC(C)(CO)CO)CC1. The van der Waals surface area contributed by atoms with Gasteiger partial charge in [-0.25, -0.2) is 0 Å². The van der Waals surface area contributed by atoms with Gasteiger partial charge in [0.2, 0.25) is 0 Å². The Hall–Kier alpha value is -0.160. The molecule has 0 aromatic carbocycles. The van der Waals surface area contributed by atoms with Crippen LogP contribution in [0.5, 0.6) is 0 Å². The van der Waals surface area contributed by atoms with Gasteiger partial charge in [0.1, 0.15) is 0 Å². The van der Waals surface area contributed by atoms with Crippen LogP contribution in [0.25, 0.3) is 0 Å². The van der Waals surface area contributed by atoms with Gasteiger partial charge in [0, 0.05) is 38.1 Å². The average Bonchev–Trinajstić information content (AvgIpc) is 2.21. The lowest BCUT2D eigenvalue weighted by atomic mass is 9.92. The van der Waals surface area contributed by atoms with Crippen LogP contribution in [0.4, 0.5) is 0 Å². The minimum Gasteiger partial charge on any atom is -0.396 e. The van der Waals surface area contributed by atoms with Gasteiger partial charge in [0.05, 0.1) is 13.2 Å². The summed E-state index contributed by atoms with van der Waals surface area (Å²) in [6.07, 6.45) is 0. The predicted molar refractivity (Wildman–Crippen MR) is 56.2 cm³/mol. The van der Waals surface area contributed by atoms with Crippen molar-refractivity contribution in [2.75, 3.05) is 53.0 Å². The van der Waals surface area contributed by atoms with Gasteiger partial charge in [-0.1, -0.05) is 6.92 Å². The highest BCUT2D eigenvalue weighted by Gasteiger charge is 2.27. The van der Waals surface area contributed by atoms with Gasteiger partial charge in [0.25, 0.3) is 0 Å².